The van der Waals surface area contributed by atoms with Crippen molar-refractivity contribution < 1.29 is 0 Å². The fourth-order valence-electron chi connectivity index (χ4n) is 11.9. The lowest BCUT2D eigenvalue weighted by Crippen LogP contribution is -2.10. The Morgan fingerprint density at radius 3 is 2.00 bits per heavy atom. The Morgan fingerprint density at radius 2 is 1.19 bits per heavy atom. The van der Waals surface area contributed by atoms with Crippen molar-refractivity contribution in [3.05, 3.63) is 67.5 Å². The van der Waals surface area contributed by atoms with E-state index in [-0.39, 0.29) is 0 Å². The van der Waals surface area contributed by atoms with Crippen LogP contribution in [0.25, 0.3) is 0 Å². The average Bonchev–Trinajstić information content (AvgIpc) is 3.77. The highest BCUT2D eigenvalue weighted by atomic mass is 15.0. The summed E-state index contributed by atoms with van der Waals surface area (Å²) >= 11 is 0. The Morgan fingerprint density at radius 1 is 0.548 bits per heavy atom. The van der Waals surface area contributed by atoms with Gasteiger partial charge in [0.1, 0.15) is 0 Å². The summed E-state index contributed by atoms with van der Waals surface area (Å²) in [6, 6.07) is 0.613. The molecule has 0 radical (unpaired) electrons. The molecule has 2 aliphatic heterocycles. The van der Waals surface area contributed by atoms with Gasteiger partial charge in [-0.1, -0.05) is 13.8 Å². The van der Waals surface area contributed by atoms with E-state index in [0.717, 1.165) is 11.8 Å². The minimum absolute atomic E-state index is 0.613. The molecule has 3 aromatic heterocycles. The van der Waals surface area contributed by atoms with Crippen LogP contribution in [0, 0.1) is 0 Å². The number of aromatic nitrogens is 3. The largest absolute Gasteiger partial charge is 0.348 e. The van der Waals surface area contributed by atoms with Gasteiger partial charge in [-0.15, -0.1) is 0 Å². The molecule has 9 rings (SSSR count). The standard InChI is InChI=1S/C39H53N3/c1-23(2)42-32-12-6-10-29(32)37-27(16-18-35(37)42)22-25(4)39-30-17-15-26(38(30)34-14-8-20-41(34)39)21-24(3)36-28-9-5-11-31(28)40-19-7-13-33(36)40/h23-27H,5-22H2,1-4H3. The highest BCUT2D eigenvalue weighted by Crippen LogP contribution is 2.52. The molecule has 4 aliphatic carbocycles. The first-order valence-electron chi connectivity index (χ1n) is 18.2. The Labute approximate surface area is 254 Å². The summed E-state index contributed by atoms with van der Waals surface area (Å²) in [5, 5.41) is 0. The summed E-state index contributed by atoms with van der Waals surface area (Å²) in [6.07, 6.45) is 21.7. The first-order valence-corrected chi connectivity index (χ1v) is 18.2. The highest BCUT2D eigenvalue weighted by molar-refractivity contribution is 5.51. The van der Waals surface area contributed by atoms with Crippen LogP contribution in [0.3, 0.4) is 0 Å². The van der Waals surface area contributed by atoms with E-state index in [1.807, 2.05) is 22.3 Å². The molecule has 42 heavy (non-hydrogen) atoms. The van der Waals surface area contributed by atoms with Gasteiger partial charge in [0.15, 0.2) is 0 Å². The van der Waals surface area contributed by atoms with E-state index in [2.05, 4.69) is 41.4 Å². The lowest BCUT2D eigenvalue weighted by molar-refractivity contribution is 0.514. The maximum Gasteiger partial charge on any atom is 0.0279 e. The van der Waals surface area contributed by atoms with E-state index in [4.69, 9.17) is 0 Å². The molecule has 4 unspecified atom stereocenters. The Kier molecular flexibility index (Phi) is 6.05. The molecule has 0 aromatic carbocycles. The van der Waals surface area contributed by atoms with Crippen LogP contribution in [0.2, 0.25) is 0 Å². The third-order valence-electron chi connectivity index (χ3n) is 13.1. The summed E-state index contributed by atoms with van der Waals surface area (Å²) < 4.78 is 8.42. The molecule has 0 amide bonds. The molecule has 0 saturated heterocycles. The smallest absolute Gasteiger partial charge is 0.0279 e. The molecule has 3 nitrogen and oxygen atoms in total. The minimum Gasteiger partial charge on any atom is -0.348 e. The van der Waals surface area contributed by atoms with Gasteiger partial charge in [-0.3, -0.25) is 0 Å². The molecule has 0 bridgehead atoms. The van der Waals surface area contributed by atoms with Crippen LogP contribution in [0.15, 0.2) is 0 Å². The predicted octanol–water partition coefficient (Wildman–Crippen LogP) is 8.99. The molecular formula is C39H53N3. The van der Waals surface area contributed by atoms with Crippen LogP contribution in [0.1, 0.15) is 176 Å². The number of hydrogen-bond acceptors (Lipinski definition) is 0. The van der Waals surface area contributed by atoms with Crippen molar-refractivity contribution in [2.75, 3.05) is 0 Å². The summed E-state index contributed by atoms with van der Waals surface area (Å²) in [4.78, 5) is 0. The van der Waals surface area contributed by atoms with Crippen LogP contribution >= 0.6 is 0 Å². The van der Waals surface area contributed by atoms with E-state index >= 15 is 0 Å². The minimum atomic E-state index is 0.613. The van der Waals surface area contributed by atoms with Crippen molar-refractivity contribution in [1.29, 1.82) is 0 Å². The average molecular weight is 564 g/mol. The molecule has 0 N–H and O–H groups in total. The maximum absolute atomic E-state index is 2.87. The van der Waals surface area contributed by atoms with Crippen LogP contribution in [-0.4, -0.2) is 13.7 Å². The first-order chi connectivity index (χ1) is 20.5. The van der Waals surface area contributed by atoms with Crippen molar-refractivity contribution >= 4 is 0 Å². The van der Waals surface area contributed by atoms with Gasteiger partial charge in [-0.25, -0.2) is 0 Å². The summed E-state index contributed by atoms with van der Waals surface area (Å²) in [5.41, 5.74) is 21.4. The number of nitrogens with zero attached hydrogens (tertiary/aromatic N) is 3. The maximum atomic E-state index is 2.87. The Bertz CT molecular complexity index is 1540. The van der Waals surface area contributed by atoms with Gasteiger partial charge in [0.25, 0.3) is 0 Å². The second kappa shape index (κ2) is 9.67. The lowest BCUT2D eigenvalue weighted by atomic mass is 9.84. The van der Waals surface area contributed by atoms with E-state index in [1.165, 1.54) is 116 Å². The van der Waals surface area contributed by atoms with Gasteiger partial charge < -0.3 is 13.7 Å². The molecule has 0 saturated carbocycles. The highest BCUT2D eigenvalue weighted by Gasteiger charge is 2.40. The van der Waals surface area contributed by atoms with E-state index in [1.54, 1.807) is 45.3 Å². The van der Waals surface area contributed by atoms with E-state index in [9.17, 15) is 0 Å². The SMILES string of the molecule is CC(CC1CCc2c1c1n(c2C(C)CC2CCc3c2c2c(n3C(C)C)CCC2)CCC1)c1c2c(n3c1CCC3)CCC2. The van der Waals surface area contributed by atoms with Crippen molar-refractivity contribution in [2.24, 2.45) is 0 Å². The number of hydrogen-bond donors (Lipinski definition) is 0. The molecule has 3 heteroatoms. The monoisotopic (exact) mass is 563 g/mol. The van der Waals surface area contributed by atoms with Crippen molar-refractivity contribution in [2.45, 2.75) is 173 Å². The van der Waals surface area contributed by atoms with Gasteiger partial charge in [0, 0.05) is 53.3 Å². The Hall–Kier alpha value is -2.16. The van der Waals surface area contributed by atoms with Gasteiger partial charge in [0.2, 0.25) is 0 Å². The molecule has 6 aliphatic rings. The van der Waals surface area contributed by atoms with Crippen LogP contribution in [0.5, 0.6) is 0 Å². The van der Waals surface area contributed by atoms with Gasteiger partial charge >= 0.3 is 0 Å². The molecule has 0 fully saturated rings. The van der Waals surface area contributed by atoms with Crippen LogP contribution in [-0.2, 0) is 64.5 Å². The van der Waals surface area contributed by atoms with Crippen molar-refractivity contribution in [1.82, 2.24) is 13.7 Å². The quantitative estimate of drug-likeness (QED) is 0.272. The number of rotatable bonds is 7. The van der Waals surface area contributed by atoms with Crippen molar-refractivity contribution in [3.63, 3.8) is 0 Å². The first kappa shape index (κ1) is 26.3. The third kappa shape index (κ3) is 3.58. The second-order valence-electron chi connectivity index (χ2n) is 15.7. The second-order valence-corrected chi connectivity index (χ2v) is 15.7. The van der Waals surface area contributed by atoms with E-state index < -0.39 is 0 Å². The zero-order chi connectivity index (χ0) is 28.3. The summed E-state index contributed by atoms with van der Waals surface area (Å²) in [6.45, 7) is 12.6. The molecule has 5 heterocycles. The van der Waals surface area contributed by atoms with Gasteiger partial charge in [-0.05, 0) is 174 Å². The zero-order valence-corrected chi connectivity index (χ0v) is 27.0. The fourth-order valence-corrected chi connectivity index (χ4v) is 11.9. The topological polar surface area (TPSA) is 14.8 Å². The van der Waals surface area contributed by atoms with Gasteiger partial charge in [0.05, 0.1) is 0 Å². The van der Waals surface area contributed by atoms with Crippen molar-refractivity contribution in [3.8, 4) is 0 Å². The van der Waals surface area contributed by atoms with E-state index in [0.29, 0.717) is 17.9 Å². The lowest BCUT2D eigenvalue weighted by Gasteiger charge is -2.21. The number of fused-ring (bicyclic) bond motifs is 9. The molecule has 224 valence electrons. The molecule has 3 aromatic rings. The fraction of sp³-hybridized carbons (Fsp3) is 0.692. The summed E-state index contributed by atoms with van der Waals surface area (Å²) in [7, 11) is 0. The summed E-state index contributed by atoms with van der Waals surface area (Å²) in [5.74, 6) is 2.95. The molecule has 0 spiro atoms. The normalized spacial score (nSPS) is 24.8. The molecule has 4 atom stereocenters. The van der Waals surface area contributed by atoms with Gasteiger partial charge in [-0.2, -0.15) is 0 Å². The predicted molar refractivity (Wildman–Crippen MR) is 173 cm³/mol. The third-order valence-corrected chi connectivity index (χ3v) is 13.1. The van der Waals surface area contributed by atoms with Crippen LogP contribution in [0.4, 0.5) is 0 Å². The van der Waals surface area contributed by atoms with Crippen LogP contribution < -0.4 is 0 Å². The Balaban J connectivity index is 1.01. The zero-order valence-electron chi connectivity index (χ0n) is 27.0. The molecular weight excluding hydrogens is 510 g/mol.